The third-order valence-electron chi connectivity index (χ3n) is 5.96. The van der Waals surface area contributed by atoms with Crippen molar-refractivity contribution in [1.29, 1.82) is 0 Å². The van der Waals surface area contributed by atoms with E-state index in [-0.39, 0.29) is 10.6 Å². The van der Waals surface area contributed by atoms with E-state index in [2.05, 4.69) is 22.0 Å². The third kappa shape index (κ3) is 3.23. The molecule has 2 bridgehead atoms. The average molecular weight is 327 g/mol. The van der Waals surface area contributed by atoms with Crippen LogP contribution >= 0.6 is 0 Å². The smallest absolute Gasteiger partial charge is 0.273 e. The molecule has 3 aliphatic rings. The van der Waals surface area contributed by atoms with Crippen LogP contribution in [0.3, 0.4) is 0 Å². The van der Waals surface area contributed by atoms with Gasteiger partial charge in [-0.1, -0.05) is 30.4 Å². The van der Waals surface area contributed by atoms with Crippen LogP contribution in [0.25, 0.3) is 0 Å². The van der Waals surface area contributed by atoms with Gasteiger partial charge in [-0.2, -0.15) is 0 Å². The molecule has 0 spiro atoms. The molecule has 1 aliphatic heterocycles. The topological polar surface area (TPSA) is 49.6 Å². The molecule has 128 valence electrons. The number of nitro benzene ring substituents is 1. The van der Waals surface area contributed by atoms with Gasteiger partial charge >= 0.3 is 0 Å². The zero-order valence-corrected chi connectivity index (χ0v) is 14.0. The number of piperazine rings is 1. The van der Waals surface area contributed by atoms with Crippen LogP contribution in [-0.2, 0) is 6.54 Å². The minimum atomic E-state index is -0.270. The van der Waals surface area contributed by atoms with Gasteiger partial charge in [-0.25, -0.2) is 0 Å². The second-order valence-corrected chi connectivity index (χ2v) is 7.50. The van der Waals surface area contributed by atoms with Gasteiger partial charge in [-0.05, 0) is 30.6 Å². The molecule has 1 saturated carbocycles. The normalized spacial score (nSPS) is 30.1. The van der Waals surface area contributed by atoms with Gasteiger partial charge in [-0.15, -0.1) is 0 Å². The van der Waals surface area contributed by atoms with Gasteiger partial charge in [0.2, 0.25) is 0 Å². The Balaban J connectivity index is 1.29. The first-order valence-corrected chi connectivity index (χ1v) is 9.04. The molecule has 5 heteroatoms. The highest BCUT2D eigenvalue weighted by Gasteiger charge is 2.36. The maximum Gasteiger partial charge on any atom is 0.273 e. The minimum Gasteiger partial charge on any atom is -0.300 e. The number of rotatable bonds is 5. The van der Waals surface area contributed by atoms with E-state index in [4.69, 9.17) is 0 Å². The fourth-order valence-corrected chi connectivity index (χ4v) is 4.63. The first-order chi connectivity index (χ1) is 11.7. The van der Waals surface area contributed by atoms with Crippen LogP contribution in [0.2, 0.25) is 0 Å². The van der Waals surface area contributed by atoms with Crippen LogP contribution in [0.4, 0.5) is 5.69 Å². The molecule has 24 heavy (non-hydrogen) atoms. The Morgan fingerprint density at radius 1 is 1.04 bits per heavy atom. The molecule has 0 radical (unpaired) electrons. The van der Waals surface area contributed by atoms with Crippen LogP contribution in [0, 0.1) is 27.9 Å². The van der Waals surface area contributed by atoms with Gasteiger partial charge in [0.05, 0.1) is 4.92 Å². The van der Waals surface area contributed by atoms with Crippen LogP contribution in [-0.4, -0.2) is 47.4 Å². The van der Waals surface area contributed by atoms with Crippen LogP contribution in [0.5, 0.6) is 0 Å². The van der Waals surface area contributed by atoms with E-state index >= 15 is 0 Å². The Kier molecular flexibility index (Phi) is 4.37. The molecular weight excluding hydrogens is 302 g/mol. The molecule has 1 heterocycles. The molecule has 0 aromatic heterocycles. The average Bonchev–Trinajstić information content (AvgIpc) is 3.20. The number of allylic oxidation sites excluding steroid dienone is 2. The summed E-state index contributed by atoms with van der Waals surface area (Å²) in [7, 11) is 0. The molecule has 1 aromatic carbocycles. The highest BCUT2D eigenvalue weighted by Crippen LogP contribution is 2.43. The number of benzene rings is 1. The van der Waals surface area contributed by atoms with Crippen molar-refractivity contribution in [3.8, 4) is 0 Å². The van der Waals surface area contributed by atoms with E-state index in [1.807, 2.05) is 12.1 Å². The summed E-state index contributed by atoms with van der Waals surface area (Å²) in [6, 6.07) is 7.12. The lowest BCUT2D eigenvalue weighted by atomic mass is 9.93. The molecule has 0 N–H and O–H groups in total. The standard InChI is InChI=1S/C19H25N3O2/c23-22(24)19-4-2-1-3-17(19)13-20-7-9-21(10-8-20)14-18-12-15-5-6-16(18)11-15/h1-6,15-16,18H,7-14H2/t15-,16-,18-/m1/s1. The summed E-state index contributed by atoms with van der Waals surface area (Å²) < 4.78 is 0. The molecule has 3 atom stereocenters. The summed E-state index contributed by atoms with van der Waals surface area (Å²) in [6.07, 6.45) is 7.59. The Bertz CT molecular complexity index is 637. The van der Waals surface area contributed by atoms with Gasteiger partial charge in [0.1, 0.15) is 0 Å². The lowest BCUT2D eigenvalue weighted by Crippen LogP contribution is -2.47. The zero-order valence-electron chi connectivity index (χ0n) is 14.0. The Morgan fingerprint density at radius 2 is 1.79 bits per heavy atom. The third-order valence-corrected chi connectivity index (χ3v) is 5.96. The summed E-state index contributed by atoms with van der Waals surface area (Å²) >= 11 is 0. The summed E-state index contributed by atoms with van der Waals surface area (Å²) in [6.45, 7) is 6.08. The molecule has 2 fully saturated rings. The van der Waals surface area contributed by atoms with Gasteiger partial charge < -0.3 is 4.90 Å². The summed E-state index contributed by atoms with van der Waals surface area (Å²) in [5, 5.41) is 11.1. The van der Waals surface area contributed by atoms with Gasteiger partial charge in [0.25, 0.3) is 5.69 Å². The second kappa shape index (κ2) is 6.65. The first kappa shape index (κ1) is 15.8. The first-order valence-electron chi connectivity index (χ1n) is 9.04. The van der Waals surface area contributed by atoms with Gasteiger partial charge in [0, 0.05) is 50.9 Å². The molecular formula is C19H25N3O2. The Morgan fingerprint density at radius 3 is 2.46 bits per heavy atom. The molecule has 0 amide bonds. The van der Waals surface area contributed by atoms with E-state index in [9.17, 15) is 10.1 Å². The van der Waals surface area contributed by atoms with E-state index in [0.717, 1.165) is 49.5 Å². The summed E-state index contributed by atoms with van der Waals surface area (Å²) in [5.74, 6) is 2.52. The van der Waals surface area contributed by atoms with Crippen molar-refractivity contribution in [2.24, 2.45) is 17.8 Å². The predicted octanol–water partition coefficient (Wildman–Crippen LogP) is 2.92. The molecule has 0 unspecified atom stereocenters. The van der Waals surface area contributed by atoms with Crippen molar-refractivity contribution in [2.45, 2.75) is 19.4 Å². The fraction of sp³-hybridized carbons (Fsp3) is 0.579. The van der Waals surface area contributed by atoms with Crippen molar-refractivity contribution in [3.05, 3.63) is 52.1 Å². The SMILES string of the molecule is O=[N+]([O-])c1ccccc1CN1CCN(C[C@H]2C[C@@H]3C=C[C@@H]2C3)CC1. The molecule has 5 nitrogen and oxygen atoms in total. The predicted molar refractivity (Wildman–Crippen MR) is 93.7 cm³/mol. The number of hydrogen-bond donors (Lipinski definition) is 0. The zero-order chi connectivity index (χ0) is 16.5. The highest BCUT2D eigenvalue weighted by atomic mass is 16.6. The number of nitrogens with zero attached hydrogens (tertiary/aromatic N) is 3. The highest BCUT2D eigenvalue weighted by molar-refractivity contribution is 5.39. The van der Waals surface area contributed by atoms with Crippen molar-refractivity contribution in [3.63, 3.8) is 0 Å². The number of fused-ring (bicyclic) bond motifs is 2. The van der Waals surface area contributed by atoms with Crippen molar-refractivity contribution in [2.75, 3.05) is 32.7 Å². The van der Waals surface area contributed by atoms with E-state index in [1.54, 1.807) is 12.1 Å². The van der Waals surface area contributed by atoms with E-state index < -0.39 is 0 Å². The van der Waals surface area contributed by atoms with E-state index in [0.29, 0.717) is 6.54 Å². The van der Waals surface area contributed by atoms with Crippen molar-refractivity contribution >= 4 is 5.69 Å². The van der Waals surface area contributed by atoms with Gasteiger partial charge in [-0.3, -0.25) is 15.0 Å². The van der Waals surface area contributed by atoms with Crippen LogP contribution < -0.4 is 0 Å². The van der Waals surface area contributed by atoms with E-state index in [1.165, 1.54) is 19.4 Å². The van der Waals surface area contributed by atoms with Crippen LogP contribution in [0.1, 0.15) is 18.4 Å². The van der Waals surface area contributed by atoms with Gasteiger partial charge in [0.15, 0.2) is 0 Å². The Labute approximate surface area is 143 Å². The number of nitro groups is 1. The maximum atomic E-state index is 11.1. The number of hydrogen-bond acceptors (Lipinski definition) is 4. The molecule has 1 aromatic rings. The quantitative estimate of drug-likeness (QED) is 0.474. The maximum absolute atomic E-state index is 11.1. The Hall–Kier alpha value is -1.72. The summed E-state index contributed by atoms with van der Waals surface area (Å²) in [4.78, 5) is 15.8. The van der Waals surface area contributed by atoms with Crippen LogP contribution in [0.15, 0.2) is 36.4 Å². The summed E-state index contributed by atoms with van der Waals surface area (Å²) in [5.41, 5.74) is 1.07. The lowest BCUT2D eigenvalue weighted by molar-refractivity contribution is -0.385. The second-order valence-electron chi connectivity index (χ2n) is 7.50. The van der Waals surface area contributed by atoms with Crippen molar-refractivity contribution < 1.29 is 4.92 Å². The largest absolute Gasteiger partial charge is 0.300 e. The minimum absolute atomic E-state index is 0.244. The molecule has 1 saturated heterocycles. The monoisotopic (exact) mass is 327 g/mol. The molecule has 4 rings (SSSR count). The molecule has 2 aliphatic carbocycles. The fourth-order valence-electron chi connectivity index (χ4n) is 4.63. The lowest BCUT2D eigenvalue weighted by Gasteiger charge is -2.36. The van der Waals surface area contributed by atoms with Crippen molar-refractivity contribution in [1.82, 2.24) is 9.80 Å². The number of para-hydroxylation sites is 1.